The molecule has 25 heavy (non-hydrogen) atoms. The Morgan fingerprint density at radius 3 is 2.80 bits per heavy atom. The number of hydrogen-bond donors (Lipinski definition) is 1. The van der Waals surface area contributed by atoms with Crippen LogP contribution >= 0.6 is 11.6 Å². The van der Waals surface area contributed by atoms with Crippen LogP contribution in [0.3, 0.4) is 0 Å². The molecular weight excluding hydrogens is 346 g/mol. The van der Waals surface area contributed by atoms with Gasteiger partial charge in [-0.15, -0.1) is 0 Å². The Bertz CT molecular complexity index is 1030. The van der Waals surface area contributed by atoms with Gasteiger partial charge in [0.05, 0.1) is 5.56 Å². The standard InChI is InChI=1S/C19H13ClF2N2O/c20-11-1-4-17-15(9-11)13-5-7-24(8-6-18(13)23-17)19(25)14-3-2-12(21)10-16(14)22/h1-4,6,8-10,23H,5,7H2. The quantitative estimate of drug-likeness (QED) is 0.668. The number of carbonyl (C=O) groups is 1. The highest BCUT2D eigenvalue weighted by Crippen LogP contribution is 2.29. The van der Waals surface area contributed by atoms with Crippen LogP contribution in [-0.4, -0.2) is 22.3 Å². The third-order valence-corrected chi connectivity index (χ3v) is 4.58. The van der Waals surface area contributed by atoms with Crippen molar-refractivity contribution in [1.29, 1.82) is 0 Å². The maximum Gasteiger partial charge on any atom is 0.260 e. The van der Waals surface area contributed by atoms with Crippen LogP contribution in [0.2, 0.25) is 5.02 Å². The van der Waals surface area contributed by atoms with Crippen LogP contribution in [0.4, 0.5) is 8.78 Å². The van der Waals surface area contributed by atoms with Crippen LogP contribution in [0, 0.1) is 11.6 Å². The smallest absolute Gasteiger partial charge is 0.260 e. The molecule has 6 heteroatoms. The molecule has 1 N–H and O–H groups in total. The van der Waals surface area contributed by atoms with Crippen LogP contribution in [0.15, 0.2) is 42.6 Å². The van der Waals surface area contributed by atoms with Gasteiger partial charge >= 0.3 is 0 Å². The second-order valence-corrected chi connectivity index (χ2v) is 6.33. The molecule has 0 saturated heterocycles. The molecule has 0 aliphatic carbocycles. The number of carbonyl (C=O) groups excluding carboxylic acids is 1. The van der Waals surface area contributed by atoms with Gasteiger partial charge in [0.2, 0.25) is 0 Å². The van der Waals surface area contributed by atoms with Crippen molar-refractivity contribution in [3.05, 3.63) is 76.1 Å². The van der Waals surface area contributed by atoms with Crippen LogP contribution in [0.1, 0.15) is 21.6 Å². The van der Waals surface area contributed by atoms with E-state index in [9.17, 15) is 13.6 Å². The van der Waals surface area contributed by atoms with Crippen molar-refractivity contribution in [2.45, 2.75) is 6.42 Å². The number of halogens is 3. The van der Waals surface area contributed by atoms with Crippen molar-refractivity contribution in [2.75, 3.05) is 6.54 Å². The van der Waals surface area contributed by atoms with E-state index in [1.807, 2.05) is 18.2 Å². The first-order valence-electron chi connectivity index (χ1n) is 7.77. The molecule has 1 aliphatic heterocycles. The van der Waals surface area contributed by atoms with Crippen molar-refractivity contribution in [3.63, 3.8) is 0 Å². The van der Waals surface area contributed by atoms with E-state index in [1.54, 1.807) is 12.3 Å². The van der Waals surface area contributed by atoms with Gasteiger partial charge in [-0.2, -0.15) is 0 Å². The Kier molecular flexibility index (Phi) is 3.81. The Labute approximate surface area is 147 Å². The molecule has 0 fully saturated rings. The summed E-state index contributed by atoms with van der Waals surface area (Å²) in [6.45, 7) is 0.388. The normalized spacial score (nSPS) is 13.8. The molecule has 1 aliphatic rings. The number of aromatic nitrogens is 1. The lowest BCUT2D eigenvalue weighted by atomic mass is 10.1. The molecule has 2 aromatic carbocycles. The van der Waals surface area contributed by atoms with E-state index >= 15 is 0 Å². The number of nitrogens with one attached hydrogen (secondary N) is 1. The number of H-pyrrole nitrogens is 1. The zero-order chi connectivity index (χ0) is 17.6. The number of amides is 1. The second-order valence-electron chi connectivity index (χ2n) is 5.90. The van der Waals surface area contributed by atoms with E-state index in [-0.39, 0.29) is 5.56 Å². The largest absolute Gasteiger partial charge is 0.355 e. The molecular formula is C19H13ClF2N2O. The van der Waals surface area contributed by atoms with E-state index < -0.39 is 17.5 Å². The van der Waals surface area contributed by atoms with Crippen molar-refractivity contribution in [3.8, 4) is 0 Å². The average molecular weight is 359 g/mol. The van der Waals surface area contributed by atoms with Crippen LogP contribution < -0.4 is 0 Å². The first kappa shape index (κ1) is 15.8. The number of rotatable bonds is 1. The molecule has 0 bridgehead atoms. The van der Waals surface area contributed by atoms with Crippen LogP contribution in [0.25, 0.3) is 17.0 Å². The zero-order valence-corrected chi connectivity index (χ0v) is 13.8. The summed E-state index contributed by atoms with van der Waals surface area (Å²) in [6, 6.07) is 8.58. The lowest BCUT2D eigenvalue weighted by molar-refractivity contribution is 0.0820. The fraction of sp³-hybridized carbons (Fsp3) is 0.105. The van der Waals surface area contributed by atoms with Gasteiger partial charge in [-0.05, 0) is 48.4 Å². The molecule has 0 unspecified atom stereocenters. The number of benzene rings is 2. The molecule has 0 radical (unpaired) electrons. The summed E-state index contributed by atoms with van der Waals surface area (Å²) in [5, 5.41) is 1.65. The van der Waals surface area contributed by atoms with Crippen LogP contribution in [0.5, 0.6) is 0 Å². The maximum atomic E-state index is 13.9. The molecule has 0 atom stereocenters. The highest BCUT2D eigenvalue weighted by molar-refractivity contribution is 6.31. The van der Waals surface area contributed by atoms with Gasteiger partial charge in [0.15, 0.2) is 0 Å². The van der Waals surface area contributed by atoms with E-state index in [0.717, 1.165) is 28.2 Å². The van der Waals surface area contributed by atoms with E-state index in [2.05, 4.69) is 4.98 Å². The Hall–Kier alpha value is -2.66. The minimum absolute atomic E-state index is 0.149. The molecule has 3 nitrogen and oxygen atoms in total. The van der Waals surface area contributed by atoms with Gasteiger partial charge in [-0.1, -0.05) is 11.6 Å². The Morgan fingerprint density at radius 1 is 1.16 bits per heavy atom. The van der Waals surface area contributed by atoms with Crippen molar-refractivity contribution >= 4 is 34.5 Å². The molecule has 0 spiro atoms. The lowest BCUT2D eigenvalue weighted by Gasteiger charge is -2.17. The highest BCUT2D eigenvalue weighted by atomic mass is 35.5. The third kappa shape index (κ3) is 2.81. The molecule has 0 saturated carbocycles. The van der Waals surface area contributed by atoms with Gasteiger partial charge in [0.1, 0.15) is 11.6 Å². The first-order valence-corrected chi connectivity index (χ1v) is 8.15. The Balaban J connectivity index is 1.67. The van der Waals surface area contributed by atoms with Gasteiger partial charge < -0.3 is 9.88 Å². The fourth-order valence-corrected chi connectivity index (χ4v) is 3.28. The maximum absolute atomic E-state index is 13.9. The zero-order valence-electron chi connectivity index (χ0n) is 13.0. The summed E-state index contributed by atoms with van der Waals surface area (Å²) in [4.78, 5) is 17.3. The minimum Gasteiger partial charge on any atom is -0.355 e. The fourth-order valence-electron chi connectivity index (χ4n) is 3.11. The second kappa shape index (κ2) is 6.01. The molecule has 2 heterocycles. The minimum atomic E-state index is -0.863. The van der Waals surface area contributed by atoms with Gasteiger partial charge in [-0.25, -0.2) is 8.78 Å². The molecule has 4 rings (SSSR count). The molecule has 126 valence electrons. The van der Waals surface area contributed by atoms with Gasteiger partial charge in [0.25, 0.3) is 5.91 Å². The van der Waals surface area contributed by atoms with E-state index in [0.29, 0.717) is 24.1 Å². The molecule has 1 amide bonds. The molecule has 1 aromatic heterocycles. The monoisotopic (exact) mass is 358 g/mol. The Morgan fingerprint density at radius 2 is 2.00 bits per heavy atom. The summed E-state index contributed by atoms with van der Waals surface area (Å²) < 4.78 is 26.9. The summed E-state index contributed by atoms with van der Waals surface area (Å²) in [7, 11) is 0. The van der Waals surface area contributed by atoms with Crippen LogP contribution in [-0.2, 0) is 6.42 Å². The SMILES string of the molecule is O=C(c1ccc(F)cc1F)N1C=Cc2[nH]c3ccc(Cl)cc3c2CC1. The van der Waals surface area contributed by atoms with Gasteiger partial charge in [0, 0.05) is 40.4 Å². The van der Waals surface area contributed by atoms with E-state index in [1.165, 1.54) is 11.0 Å². The van der Waals surface area contributed by atoms with Crippen molar-refractivity contribution in [2.24, 2.45) is 0 Å². The average Bonchev–Trinajstić information content (AvgIpc) is 2.78. The number of nitrogens with zero attached hydrogens (tertiary/aromatic N) is 1. The third-order valence-electron chi connectivity index (χ3n) is 4.35. The predicted molar refractivity (Wildman–Crippen MR) is 93.4 cm³/mol. The number of hydrogen-bond acceptors (Lipinski definition) is 1. The summed E-state index contributed by atoms with van der Waals surface area (Å²) in [5.74, 6) is -2.07. The predicted octanol–water partition coefficient (Wildman–Crippen LogP) is 4.77. The number of fused-ring (bicyclic) bond motifs is 3. The van der Waals surface area contributed by atoms with Gasteiger partial charge in [-0.3, -0.25) is 4.79 Å². The summed E-state index contributed by atoms with van der Waals surface area (Å²) >= 11 is 6.08. The summed E-state index contributed by atoms with van der Waals surface area (Å²) in [5.41, 5.74) is 2.78. The topological polar surface area (TPSA) is 36.1 Å². The first-order chi connectivity index (χ1) is 12.0. The van der Waals surface area contributed by atoms with Crippen molar-refractivity contribution < 1.29 is 13.6 Å². The van der Waals surface area contributed by atoms with E-state index in [4.69, 9.17) is 11.6 Å². The highest BCUT2D eigenvalue weighted by Gasteiger charge is 2.21. The lowest BCUT2D eigenvalue weighted by Crippen LogP contribution is -2.28. The van der Waals surface area contributed by atoms with Crippen molar-refractivity contribution in [1.82, 2.24) is 9.88 Å². The number of aromatic amines is 1. The summed E-state index contributed by atoms with van der Waals surface area (Å²) in [6.07, 6.45) is 4.00. The molecule has 3 aromatic rings.